The van der Waals surface area contributed by atoms with Crippen LogP contribution in [0.25, 0.3) is 0 Å². The van der Waals surface area contributed by atoms with Crippen molar-refractivity contribution in [2.24, 2.45) is 5.73 Å². The lowest BCUT2D eigenvalue weighted by Crippen LogP contribution is -2.42. The normalized spacial score (nSPS) is 11.1. The average Bonchev–Trinajstić information content (AvgIpc) is 2.87. The summed E-state index contributed by atoms with van der Waals surface area (Å²) in [6.45, 7) is -0.0164. The van der Waals surface area contributed by atoms with Gasteiger partial charge in [0.05, 0.1) is 18.2 Å². The van der Waals surface area contributed by atoms with E-state index in [1.807, 2.05) is 12.1 Å². The summed E-state index contributed by atoms with van der Waals surface area (Å²) in [5.74, 6) is -1.74. The zero-order chi connectivity index (χ0) is 25.9. The molecule has 10 nitrogen and oxygen atoms in total. The molecule has 1 atom stereocenters. The van der Waals surface area contributed by atoms with E-state index in [0.29, 0.717) is 5.56 Å². The molecule has 0 bridgehead atoms. The fourth-order valence-corrected chi connectivity index (χ4v) is 3.34. The van der Waals surface area contributed by atoms with Crippen LogP contribution >= 0.6 is 0 Å². The van der Waals surface area contributed by atoms with Gasteiger partial charge in [-0.15, -0.1) is 0 Å². The number of nitrogens with two attached hydrogens (primary N) is 1. The molecule has 1 unspecified atom stereocenters. The summed E-state index contributed by atoms with van der Waals surface area (Å²) in [5.41, 5.74) is 7.72. The number of carbonyl (C=O) groups is 3. The number of ether oxygens (including phenoxy) is 2. The Bertz CT molecular complexity index is 1200. The predicted octanol–water partition coefficient (Wildman–Crippen LogP) is 4.17. The van der Waals surface area contributed by atoms with Crippen LogP contribution in [0, 0.1) is 5.41 Å². The van der Waals surface area contributed by atoms with Crippen LogP contribution in [0.5, 0.6) is 0 Å². The lowest BCUT2D eigenvalue weighted by molar-refractivity contribution is -0.137. The van der Waals surface area contributed by atoms with Gasteiger partial charge in [-0.05, 0) is 28.8 Å². The number of carboxylic acid groups (broad SMARTS) is 1. The van der Waals surface area contributed by atoms with Gasteiger partial charge in [-0.1, -0.05) is 72.8 Å². The van der Waals surface area contributed by atoms with E-state index in [9.17, 15) is 19.5 Å². The van der Waals surface area contributed by atoms with Gasteiger partial charge >= 0.3 is 18.2 Å². The molecule has 2 amide bonds. The highest BCUT2D eigenvalue weighted by Crippen LogP contribution is 2.24. The zero-order valence-electron chi connectivity index (χ0n) is 19.3. The van der Waals surface area contributed by atoms with Gasteiger partial charge in [-0.25, -0.2) is 14.5 Å². The molecule has 0 aromatic heterocycles. The summed E-state index contributed by atoms with van der Waals surface area (Å²) in [6, 6.07) is 23.2. The second kappa shape index (κ2) is 12.6. The predicted molar refractivity (Wildman–Crippen MR) is 132 cm³/mol. The number of guanidine groups is 1. The second-order valence-electron chi connectivity index (χ2n) is 7.71. The number of carbonyl (C=O) groups excluding carboxylic acids is 2. The number of amides is 2. The second-order valence-corrected chi connectivity index (χ2v) is 7.71. The fourth-order valence-electron chi connectivity index (χ4n) is 3.34. The summed E-state index contributed by atoms with van der Waals surface area (Å²) in [5, 5.41) is 19.8. The first kappa shape index (κ1) is 25.8. The van der Waals surface area contributed by atoms with Crippen molar-refractivity contribution in [2.45, 2.75) is 25.7 Å². The first-order chi connectivity index (χ1) is 17.3. The smallest absolute Gasteiger partial charge is 0.421 e. The number of hydrogen-bond acceptors (Lipinski definition) is 6. The van der Waals surface area contributed by atoms with Crippen LogP contribution in [0.2, 0.25) is 0 Å². The fraction of sp³-hybridized carbons (Fsp3) is 0.154. The molecule has 0 radical (unpaired) electrons. The molecule has 3 aromatic rings. The minimum absolute atomic E-state index is 0.0118. The van der Waals surface area contributed by atoms with E-state index >= 15 is 0 Å². The minimum atomic E-state index is -1.15. The van der Waals surface area contributed by atoms with Crippen molar-refractivity contribution >= 4 is 29.8 Å². The van der Waals surface area contributed by atoms with Crippen molar-refractivity contribution in [1.82, 2.24) is 5.32 Å². The van der Waals surface area contributed by atoms with Gasteiger partial charge in [0.25, 0.3) is 0 Å². The van der Waals surface area contributed by atoms with Gasteiger partial charge in [-0.2, -0.15) is 0 Å². The van der Waals surface area contributed by atoms with E-state index in [4.69, 9.17) is 20.6 Å². The number of nitrogens with zero attached hydrogens (tertiary/aromatic N) is 1. The molecular weight excluding hydrogens is 464 g/mol. The third-order valence-corrected chi connectivity index (χ3v) is 5.04. The van der Waals surface area contributed by atoms with Crippen LogP contribution in [0.1, 0.15) is 29.2 Å². The van der Waals surface area contributed by atoms with Crippen LogP contribution in [0.3, 0.4) is 0 Å². The van der Waals surface area contributed by atoms with Crippen LogP contribution in [-0.2, 0) is 27.5 Å². The van der Waals surface area contributed by atoms with E-state index in [0.717, 1.165) is 16.0 Å². The Labute approximate surface area is 207 Å². The highest BCUT2D eigenvalue weighted by Gasteiger charge is 2.24. The molecular formula is C26H26N4O6. The van der Waals surface area contributed by atoms with Crippen LogP contribution in [0.4, 0.5) is 15.3 Å². The maximum atomic E-state index is 12.7. The van der Waals surface area contributed by atoms with Crippen molar-refractivity contribution in [3.63, 3.8) is 0 Å². The topological polar surface area (TPSA) is 155 Å². The van der Waals surface area contributed by atoms with Crippen molar-refractivity contribution in [3.8, 4) is 0 Å². The third-order valence-electron chi connectivity index (χ3n) is 5.04. The molecule has 10 heteroatoms. The summed E-state index contributed by atoms with van der Waals surface area (Å²) >= 11 is 0. The average molecular weight is 491 g/mol. The SMILES string of the molecule is N=C(N)N(C(=O)OCc1ccccc1)c1cccc(C(CC(=O)O)NC(=O)OCc2ccccc2)c1. The molecule has 3 rings (SSSR count). The Morgan fingerprint density at radius 3 is 2.03 bits per heavy atom. The van der Waals surface area contributed by atoms with Crippen molar-refractivity contribution < 1.29 is 29.0 Å². The van der Waals surface area contributed by atoms with Crippen LogP contribution in [-0.4, -0.2) is 29.2 Å². The zero-order valence-corrected chi connectivity index (χ0v) is 19.3. The first-order valence-electron chi connectivity index (χ1n) is 11.0. The summed E-state index contributed by atoms with van der Waals surface area (Å²) in [7, 11) is 0. The van der Waals surface area contributed by atoms with E-state index in [1.165, 1.54) is 12.1 Å². The van der Waals surface area contributed by atoms with Crippen molar-refractivity contribution in [3.05, 3.63) is 102 Å². The van der Waals surface area contributed by atoms with Crippen molar-refractivity contribution in [1.29, 1.82) is 5.41 Å². The highest BCUT2D eigenvalue weighted by molar-refractivity contribution is 6.11. The van der Waals surface area contributed by atoms with Gasteiger partial charge in [0, 0.05) is 0 Å². The maximum absolute atomic E-state index is 12.7. The number of anilines is 1. The molecule has 186 valence electrons. The lowest BCUT2D eigenvalue weighted by atomic mass is 10.0. The number of nitrogens with one attached hydrogen (secondary N) is 2. The molecule has 0 aliphatic heterocycles. The summed E-state index contributed by atoms with van der Waals surface area (Å²) in [4.78, 5) is 37.4. The molecule has 0 saturated carbocycles. The maximum Gasteiger partial charge on any atom is 0.421 e. The molecule has 0 heterocycles. The quantitative estimate of drug-likeness (QED) is 0.259. The van der Waals surface area contributed by atoms with E-state index in [-0.39, 0.29) is 18.9 Å². The van der Waals surface area contributed by atoms with Gasteiger partial charge in [0.15, 0.2) is 0 Å². The van der Waals surface area contributed by atoms with Gasteiger partial charge < -0.3 is 25.6 Å². The molecule has 0 aliphatic rings. The molecule has 0 aliphatic carbocycles. The Balaban J connectivity index is 1.74. The Morgan fingerprint density at radius 1 is 0.889 bits per heavy atom. The van der Waals surface area contributed by atoms with Gasteiger partial charge in [0.2, 0.25) is 5.96 Å². The monoisotopic (exact) mass is 490 g/mol. The Hall–Kier alpha value is -4.86. The number of aliphatic carboxylic acids is 1. The van der Waals surface area contributed by atoms with Crippen molar-refractivity contribution in [2.75, 3.05) is 4.90 Å². The largest absolute Gasteiger partial charge is 0.481 e. The number of rotatable bonds is 9. The number of hydrogen-bond donors (Lipinski definition) is 4. The van der Waals surface area contributed by atoms with Gasteiger partial charge in [-0.3, -0.25) is 10.2 Å². The van der Waals surface area contributed by atoms with Crippen LogP contribution < -0.4 is 16.0 Å². The first-order valence-corrected chi connectivity index (χ1v) is 11.0. The van der Waals surface area contributed by atoms with E-state index < -0.39 is 36.6 Å². The lowest BCUT2D eigenvalue weighted by Gasteiger charge is -2.23. The van der Waals surface area contributed by atoms with E-state index in [2.05, 4.69) is 5.32 Å². The molecule has 0 saturated heterocycles. The number of benzene rings is 3. The molecule has 0 spiro atoms. The van der Waals surface area contributed by atoms with Gasteiger partial charge in [0.1, 0.15) is 13.2 Å². The Kier molecular flexibility index (Phi) is 8.99. The van der Waals surface area contributed by atoms with E-state index in [1.54, 1.807) is 60.7 Å². The molecule has 36 heavy (non-hydrogen) atoms. The number of alkyl carbamates (subject to hydrolysis) is 1. The highest BCUT2D eigenvalue weighted by atomic mass is 16.6. The molecule has 5 N–H and O–H groups in total. The summed E-state index contributed by atoms with van der Waals surface area (Å²) in [6.07, 6.45) is -2.13. The molecule has 3 aromatic carbocycles. The number of carboxylic acids is 1. The standard InChI is InChI=1S/C26H26N4O6/c27-24(28)30(26(34)36-17-19-10-5-2-6-11-19)21-13-7-12-20(14-21)22(15-23(31)32)29-25(33)35-16-18-8-3-1-4-9-18/h1-14,22H,15-17H2,(H3,27,28)(H,29,33)(H,31,32). The van der Waals surface area contributed by atoms with Crippen LogP contribution in [0.15, 0.2) is 84.9 Å². The minimum Gasteiger partial charge on any atom is -0.481 e. The third kappa shape index (κ3) is 7.59. The Morgan fingerprint density at radius 2 is 1.47 bits per heavy atom. The summed E-state index contributed by atoms with van der Waals surface area (Å²) < 4.78 is 10.5. The molecule has 0 fully saturated rings.